The third kappa shape index (κ3) is 3.85. The van der Waals surface area contributed by atoms with Crippen molar-refractivity contribution >= 4 is 33.4 Å². The molecule has 0 bridgehead atoms. The number of carbonyl (C=O) groups is 1. The minimum atomic E-state index is -4.33. The number of rotatable bonds is 6. The molecule has 0 aliphatic rings. The first kappa shape index (κ1) is 18.2. The summed E-state index contributed by atoms with van der Waals surface area (Å²) >= 11 is 1.40. The number of halogens is 2. The molecule has 2 rings (SSSR count). The number of carboxylic acids is 1. The average molecular weight is 373 g/mol. The van der Waals surface area contributed by atoms with Crippen LogP contribution in [0.2, 0.25) is 0 Å². The van der Waals surface area contributed by atoms with E-state index in [1.54, 1.807) is 12.1 Å². The lowest BCUT2D eigenvalue weighted by Gasteiger charge is -2.23. The van der Waals surface area contributed by atoms with Crippen molar-refractivity contribution in [1.29, 1.82) is 0 Å². The van der Waals surface area contributed by atoms with Crippen LogP contribution in [-0.4, -0.2) is 32.3 Å². The van der Waals surface area contributed by atoms with Crippen molar-refractivity contribution in [2.75, 3.05) is 17.1 Å². The van der Waals surface area contributed by atoms with Crippen molar-refractivity contribution in [3.8, 4) is 0 Å². The van der Waals surface area contributed by atoms with Crippen LogP contribution in [0.15, 0.2) is 52.3 Å². The molecule has 0 aliphatic heterocycles. The highest BCUT2D eigenvalue weighted by Gasteiger charge is 2.29. The highest BCUT2D eigenvalue weighted by atomic mass is 32.2. The van der Waals surface area contributed by atoms with Gasteiger partial charge in [-0.3, -0.25) is 9.10 Å². The third-order valence-corrected chi connectivity index (χ3v) is 5.62. The maximum absolute atomic E-state index is 14.0. The van der Waals surface area contributed by atoms with Gasteiger partial charge < -0.3 is 5.11 Å². The SMILES string of the molecule is CSc1ccc(S(=O)(=O)N(CC(=O)O)c2ccc(F)cc2F)cc1. The van der Waals surface area contributed by atoms with E-state index in [0.717, 1.165) is 17.0 Å². The molecular formula is C15H13F2NO4S2. The van der Waals surface area contributed by atoms with Gasteiger partial charge in [0.1, 0.15) is 18.2 Å². The number of nitrogens with zero attached hydrogens (tertiary/aromatic N) is 1. The van der Waals surface area contributed by atoms with Crippen LogP contribution in [0.3, 0.4) is 0 Å². The maximum Gasteiger partial charge on any atom is 0.324 e. The molecule has 0 fully saturated rings. The predicted molar refractivity (Wildman–Crippen MR) is 86.7 cm³/mol. The molecule has 0 heterocycles. The van der Waals surface area contributed by atoms with Gasteiger partial charge in [-0.1, -0.05) is 0 Å². The van der Waals surface area contributed by atoms with Crippen molar-refractivity contribution in [1.82, 2.24) is 0 Å². The van der Waals surface area contributed by atoms with E-state index < -0.39 is 39.9 Å². The Morgan fingerprint density at radius 1 is 1.17 bits per heavy atom. The topological polar surface area (TPSA) is 74.7 Å². The van der Waals surface area contributed by atoms with E-state index in [1.165, 1.54) is 23.9 Å². The van der Waals surface area contributed by atoms with Gasteiger partial charge >= 0.3 is 5.97 Å². The van der Waals surface area contributed by atoms with Gasteiger partial charge in [-0.25, -0.2) is 17.2 Å². The molecule has 0 amide bonds. The first-order valence-corrected chi connectivity index (χ1v) is 9.26. The third-order valence-electron chi connectivity index (χ3n) is 3.10. The summed E-state index contributed by atoms with van der Waals surface area (Å²) in [7, 11) is -4.33. The molecule has 0 spiro atoms. The molecule has 9 heteroatoms. The zero-order valence-electron chi connectivity index (χ0n) is 12.4. The molecular weight excluding hydrogens is 360 g/mol. The summed E-state index contributed by atoms with van der Waals surface area (Å²) in [5.41, 5.74) is -0.534. The van der Waals surface area contributed by atoms with Gasteiger partial charge in [0.25, 0.3) is 10.0 Å². The molecule has 0 saturated heterocycles. The Morgan fingerprint density at radius 2 is 1.79 bits per heavy atom. The summed E-state index contributed by atoms with van der Waals surface area (Å²) in [6.07, 6.45) is 1.81. The standard InChI is InChI=1S/C15H13F2NO4S2/c1-23-11-3-5-12(6-4-11)24(21,22)18(9-15(19)20)14-7-2-10(16)8-13(14)17/h2-8H,9H2,1H3,(H,19,20). The van der Waals surface area contributed by atoms with Crippen molar-refractivity contribution in [3.05, 3.63) is 54.1 Å². The Morgan fingerprint density at radius 3 is 2.29 bits per heavy atom. The molecule has 2 aromatic rings. The maximum atomic E-state index is 14.0. The van der Waals surface area contributed by atoms with Gasteiger partial charge in [-0.05, 0) is 42.7 Å². The molecule has 0 saturated carbocycles. The van der Waals surface area contributed by atoms with E-state index in [0.29, 0.717) is 10.4 Å². The summed E-state index contributed by atoms with van der Waals surface area (Å²) in [5, 5.41) is 8.98. The second-order valence-electron chi connectivity index (χ2n) is 4.68. The second kappa shape index (κ2) is 7.18. The fourth-order valence-corrected chi connectivity index (χ4v) is 3.81. The van der Waals surface area contributed by atoms with Crippen LogP contribution in [0.1, 0.15) is 0 Å². The predicted octanol–water partition coefficient (Wildman–Crippen LogP) is 2.97. The molecule has 1 N–H and O–H groups in total. The first-order valence-electron chi connectivity index (χ1n) is 6.59. The number of aliphatic carboxylic acids is 1. The van der Waals surface area contributed by atoms with Crippen LogP contribution in [0, 0.1) is 11.6 Å². The number of carboxylic acid groups (broad SMARTS) is 1. The van der Waals surface area contributed by atoms with Crippen LogP contribution in [0.25, 0.3) is 0 Å². The lowest BCUT2D eigenvalue weighted by atomic mass is 10.3. The largest absolute Gasteiger partial charge is 0.480 e. The fourth-order valence-electron chi connectivity index (χ4n) is 1.98. The number of hydrogen-bond acceptors (Lipinski definition) is 4. The van der Waals surface area contributed by atoms with Crippen molar-refractivity contribution < 1.29 is 27.1 Å². The molecule has 24 heavy (non-hydrogen) atoms. The normalized spacial score (nSPS) is 11.3. The van der Waals surface area contributed by atoms with Crippen LogP contribution in [0.5, 0.6) is 0 Å². The number of benzene rings is 2. The highest BCUT2D eigenvalue weighted by Crippen LogP contribution is 2.27. The van der Waals surface area contributed by atoms with E-state index >= 15 is 0 Å². The molecule has 0 aliphatic carbocycles. The highest BCUT2D eigenvalue weighted by molar-refractivity contribution is 7.98. The monoisotopic (exact) mass is 373 g/mol. The zero-order chi connectivity index (χ0) is 17.9. The number of hydrogen-bond donors (Lipinski definition) is 1. The fraction of sp³-hybridized carbons (Fsp3) is 0.133. The van der Waals surface area contributed by atoms with Crippen LogP contribution >= 0.6 is 11.8 Å². The van der Waals surface area contributed by atoms with E-state index in [1.807, 2.05) is 6.26 Å². The molecule has 0 unspecified atom stereocenters. The summed E-state index contributed by atoms with van der Waals surface area (Å²) in [4.78, 5) is 11.7. The van der Waals surface area contributed by atoms with Gasteiger partial charge in [0.05, 0.1) is 10.6 Å². The molecule has 5 nitrogen and oxygen atoms in total. The van der Waals surface area contributed by atoms with Crippen molar-refractivity contribution in [2.24, 2.45) is 0 Å². The quantitative estimate of drug-likeness (QED) is 0.788. The summed E-state index contributed by atoms with van der Waals surface area (Å²) in [6, 6.07) is 7.96. The lowest BCUT2D eigenvalue weighted by molar-refractivity contribution is -0.135. The van der Waals surface area contributed by atoms with E-state index in [-0.39, 0.29) is 4.90 Å². The Hall–Kier alpha value is -2.13. The Bertz CT molecular complexity index is 854. The number of thioether (sulfide) groups is 1. The minimum absolute atomic E-state index is 0.190. The lowest BCUT2D eigenvalue weighted by Crippen LogP contribution is -2.36. The molecule has 128 valence electrons. The molecule has 0 aromatic heterocycles. The van der Waals surface area contributed by atoms with Gasteiger partial charge in [0, 0.05) is 11.0 Å². The Kier molecular flexibility index (Phi) is 5.45. The molecule has 0 radical (unpaired) electrons. The first-order chi connectivity index (χ1) is 11.3. The Balaban J connectivity index is 2.54. The van der Waals surface area contributed by atoms with E-state index in [9.17, 15) is 22.0 Å². The number of sulfonamides is 1. The average Bonchev–Trinajstić information content (AvgIpc) is 2.53. The minimum Gasteiger partial charge on any atom is -0.480 e. The summed E-state index contributed by atoms with van der Waals surface area (Å²) in [5.74, 6) is -3.53. The second-order valence-corrected chi connectivity index (χ2v) is 7.42. The smallest absolute Gasteiger partial charge is 0.324 e. The molecule has 0 atom stereocenters. The van der Waals surface area contributed by atoms with Gasteiger partial charge in [0.15, 0.2) is 0 Å². The van der Waals surface area contributed by atoms with Crippen LogP contribution in [-0.2, 0) is 14.8 Å². The summed E-state index contributed by atoms with van der Waals surface area (Å²) in [6.45, 7) is -0.991. The van der Waals surface area contributed by atoms with E-state index in [4.69, 9.17) is 5.11 Å². The molecule has 2 aromatic carbocycles. The van der Waals surface area contributed by atoms with Crippen LogP contribution < -0.4 is 4.31 Å². The van der Waals surface area contributed by atoms with Gasteiger partial charge in [0.2, 0.25) is 0 Å². The number of anilines is 1. The van der Waals surface area contributed by atoms with Crippen molar-refractivity contribution in [3.63, 3.8) is 0 Å². The summed E-state index contributed by atoms with van der Waals surface area (Å²) < 4.78 is 52.8. The Labute approximate surface area is 142 Å². The van der Waals surface area contributed by atoms with Gasteiger partial charge in [-0.15, -0.1) is 11.8 Å². The van der Waals surface area contributed by atoms with Gasteiger partial charge in [-0.2, -0.15) is 0 Å². The van der Waals surface area contributed by atoms with Crippen LogP contribution in [0.4, 0.5) is 14.5 Å². The van der Waals surface area contributed by atoms with E-state index in [2.05, 4.69) is 0 Å². The van der Waals surface area contributed by atoms with Crippen molar-refractivity contribution in [2.45, 2.75) is 9.79 Å². The zero-order valence-corrected chi connectivity index (χ0v) is 14.1.